The molecule has 1 aliphatic heterocycles. The van der Waals surface area contributed by atoms with E-state index >= 15 is 0 Å². The number of likely N-dealkylation sites (tertiary alicyclic amines) is 1. The van der Waals surface area contributed by atoms with Crippen LogP contribution in [0.25, 0.3) is 0 Å². The van der Waals surface area contributed by atoms with Gasteiger partial charge in [0.2, 0.25) is 0 Å². The fourth-order valence-electron chi connectivity index (χ4n) is 4.60. The molecular formula is C19H32N2O4. The monoisotopic (exact) mass is 352 g/mol. The number of nitrogens with zero attached hydrogens (tertiary/aromatic N) is 1. The molecule has 1 amide bonds. The summed E-state index contributed by atoms with van der Waals surface area (Å²) in [6.45, 7) is 1.09. The summed E-state index contributed by atoms with van der Waals surface area (Å²) in [5.41, 5.74) is 0. The molecule has 3 rings (SSSR count). The third-order valence-electron chi connectivity index (χ3n) is 6.14. The summed E-state index contributed by atoms with van der Waals surface area (Å²) >= 11 is 0. The molecule has 0 aromatic heterocycles. The van der Waals surface area contributed by atoms with Gasteiger partial charge < -0.3 is 20.1 Å². The van der Waals surface area contributed by atoms with E-state index < -0.39 is 6.09 Å². The van der Waals surface area contributed by atoms with E-state index in [1.54, 1.807) is 0 Å². The van der Waals surface area contributed by atoms with Crippen molar-refractivity contribution in [2.75, 3.05) is 13.1 Å². The highest BCUT2D eigenvalue weighted by Crippen LogP contribution is 2.29. The summed E-state index contributed by atoms with van der Waals surface area (Å²) in [5, 5.41) is 12.7. The van der Waals surface area contributed by atoms with Gasteiger partial charge in [-0.1, -0.05) is 19.3 Å². The van der Waals surface area contributed by atoms with Crippen LogP contribution in [0.1, 0.15) is 70.6 Å². The third-order valence-corrected chi connectivity index (χ3v) is 6.14. The number of piperidine rings is 1. The van der Waals surface area contributed by atoms with E-state index in [0.29, 0.717) is 19.0 Å². The minimum atomic E-state index is -0.845. The molecule has 3 fully saturated rings. The lowest BCUT2D eigenvalue weighted by Crippen LogP contribution is -2.53. The standard InChI is InChI=1S/C19H32N2O4/c22-18(25-16-8-4-5-9-16)17(14-6-2-1-3-7-14)20-15-10-12-21(13-11-15)19(23)24/h14-17,20H,1-13H2,(H,23,24)/t17-/m0/s1. The topological polar surface area (TPSA) is 78.9 Å². The Hall–Kier alpha value is -1.30. The van der Waals surface area contributed by atoms with Gasteiger partial charge in [-0.2, -0.15) is 0 Å². The summed E-state index contributed by atoms with van der Waals surface area (Å²) in [5.74, 6) is 0.291. The average Bonchev–Trinajstić information content (AvgIpc) is 3.13. The van der Waals surface area contributed by atoms with Crippen LogP contribution in [-0.2, 0) is 9.53 Å². The molecule has 0 spiro atoms. The van der Waals surface area contributed by atoms with E-state index in [9.17, 15) is 9.59 Å². The number of nitrogens with one attached hydrogen (secondary N) is 1. The quantitative estimate of drug-likeness (QED) is 0.743. The second-order valence-electron chi connectivity index (χ2n) is 7.93. The summed E-state index contributed by atoms with van der Waals surface area (Å²) in [7, 11) is 0. The van der Waals surface area contributed by atoms with Crippen molar-refractivity contribution in [2.45, 2.75) is 88.8 Å². The van der Waals surface area contributed by atoms with Crippen molar-refractivity contribution >= 4 is 12.1 Å². The number of amides is 1. The zero-order valence-corrected chi connectivity index (χ0v) is 15.1. The molecule has 25 heavy (non-hydrogen) atoms. The van der Waals surface area contributed by atoms with Gasteiger partial charge in [-0.05, 0) is 57.3 Å². The number of carbonyl (C=O) groups excluding carboxylic acids is 1. The lowest BCUT2D eigenvalue weighted by atomic mass is 9.83. The van der Waals surface area contributed by atoms with Crippen LogP contribution < -0.4 is 5.32 Å². The van der Waals surface area contributed by atoms with Crippen LogP contribution in [0.5, 0.6) is 0 Å². The zero-order valence-electron chi connectivity index (χ0n) is 15.1. The molecule has 0 radical (unpaired) electrons. The zero-order chi connectivity index (χ0) is 17.6. The van der Waals surface area contributed by atoms with Crippen LogP contribution in [-0.4, -0.2) is 53.3 Å². The molecule has 1 heterocycles. The van der Waals surface area contributed by atoms with Crippen LogP contribution in [0.3, 0.4) is 0 Å². The first-order chi connectivity index (χ1) is 12.1. The molecule has 0 aromatic carbocycles. The van der Waals surface area contributed by atoms with Gasteiger partial charge in [-0.15, -0.1) is 0 Å². The molecule has 2 aliphatic carbocycles. The van der Waals surface area contributed by atoms with Crippen molar-refractivity contribution in [3.05, 3.63) is 0 Å². The summed E-state index contributed by atoms with van der Waals surface area (Å²) in [6.07, 6.45) is 10.9. The number of hydrogen-bond donors (Lipinski definition) is 2. The maximum absolute atomic E-state index is 12.9. The maximum Gasteiger partial charge on any atom is 0.407 e. The van der Waals surface area contributed by atoms with Crippen molar-refractivity contribution in [2.24, 2.45) is 5.92 Å². The van der Waals surface area contributed by atoms with E-state index in [2.05, 4.69) is 5.32 Å². The lowest BCUT2D eigenvalue weighted by Gasteiger charge is -2.36. The van der Waals surface area contributed by atoms with Crippen LogP contribution in [0.2, 0.25) is 0 Å². The van der Waals surface area contributed by atoms with Gasteiger partial charge in [0.25, 0.3) is 0 Å². The highest BCUT2D eigenvalue weighted by molar-refractivity contribution is 5.76. The Morgan fingerprint density at radius 2 is 1.52 bits per heavy atom. The predicted octanol–water partition coefficient (Wildman–Crippen LogP) is 3.15. The third kappa shape index (κ3) is 5.09. The van der Waals surface area contributed by atoms with E-state index in [1.807, 2.05) is 0 Å². The first kappa shape index (κ1) is 18.5. The van der Waals surface area contributed by atoms with Gasteiger partial charge in [0.05, 0.1) is 0 Å². The van der Waals surface area contributed by atoms with Gasteiger partial charge >= 0.3 is 12.1 Å². The molecule has 6 nitrogen and oxygen atoms in total. The second kappa shape index (κ2) is 8.88. The largest absolute Gasteiger partial charge is 0.465 e. The SMILES string of the molecule is O=C(OC1CCCC1)[C@@H](NC1CCN(C(=O)O)CC1)C1CCCCC1. The predicted molar refractivity (Wildman–Crippen MR) is 94.5 cm³/mol. The van der Waals surface area contributed by atoms with E-state index in [4.69, 9.17) is 9.84 Å². The molecule has 142 valence electrons. The number of hydrogen-bond acceptors (Lipinski definition) is 4. The van der Waals surface area contributed by atoms with Crippen LogP contribution >= 0.6 is 0 Å². The van der Waals surface area contributed by atoms with Gasteiger partial charge in [-0.3, -0.25) is 4.79 Å². The molecule has 6 heteroatoms. The summed E-state index contributed by atoms with van der Waals surface area (Å²) < 4.78 is 5.82. The molecule has 0 unspecified atom stereocenters. The average molecular weight is 352 g/mol. The Kier molecular flexibility index (Phi) is 6.57. The van der Waals surface area contributed by atoms with Gasteiger partial charge in [0, 0.05) is 19.1 Å². The van der Waals surface area contributed by atoms with Crippen LogP contribution in [0, 0.1) is 5.92 Å². The van der Waals surface area contributed by atoms with Crippen molar-refractivity contribution in [1.29, 1.82) is 0 Å². The number of carboxylic acid groups (broad SMARTS) is 1. The van der Waals surface area contributed by atoms with Crippen LogP contribution in [0.15, 0.2) is 0 Å². The normalized spacial score (nSPS) is 25.0. The van der Waals surface area contributed by atoms with Crippen molar-refractivity contribution in [3.63, 3.8) is 0 Å². The van der Waals surface area contributed by atoms with Crippen LogP contribution in [0.4, 0.5) is 4.79 Å². The Balaban J connectivity index is 1.57. The minimum Gasteiger partial charge on any atom is -0.465 e. The Morgan fingerprint density at radius 1 is 0.920 bits per heavy atom. The number of carbonyl (C=O) groups is 2. The fourth-order valence-corrected chi connectivity index (χ4v) is 4.60. The van der Waals surface area contributed by atoms with Gasteiger partial charge in [-0.25, -0.2) is 4.79 Å². The smallest absolute Gasteiger partial charge is 0.407 e. The van der Waals surface area contributed by atoms with Crippen molar-refractivity contribution < 1.29 is 19.4 Å². The Labute approximate surface area is 150 Å². The fraction of sp³-hybridized carbons (Fsp3) is 0.895. The van der Waals surface area contributed by atoms with E-state index in [-0.39, 0.29) is 24.2 Å². The second-order valence-corrected chi connectivity index (χ2v) is 7.93. The van der Waals surface area contributed by atoms with Gasteiger partial charge in [0.1, 0.15) is 12.1 Å². The number of rotatable bonds is 5. The molecule has 3 aliphatic rings. The number of esters is 1. The summed E-state index contributed by atoms with van der Waals surface area (Å²) in [4.78, 5) is 25.4. The molecule has 1 atom stereocenters. The Bertz CT molecular complexity index is 450. The first-order valence-electron chi connectivity index (χ1n) is 10.1. The maximum atomic E-state index is 12.9. The van der Waals surface area contributed by atoms with Crippen molar-refractivity contribution in [1.82, 2.24) is 10.2 Å². The molecule has 2 N–H and O–H groups in total. The molecule has 0 bridgehead atoms. The minimum absolute atomic E-state index is 0.0699. The molecule has 2 saturated carbocycles. The summed E-state index contributed by atoms with van der Waals surface area (Å²) in [6, 6.07) is -0.0130. The van der Waals surface area contributed by atoms with E-state index in [0.717, 1.165) is 51.4 Å². The van der Waals surface area contributed by atoms with Gasteiger partial charge in [0.15, 0.2) is 0 Å². The highest BCUT2D eigenvalue weighted by atomic mass is 16.5. The molecule has 0 aromatic rings. The molecule has 1 saturated heterocycles. The van der Waals surface area contributed by atoms with E-state index in [1.165, 1.54) is 24.2 Å². The molecular weight excluding hydrogens is 320 g/mol. The lowest BCUT2D eigenvalue weighted by molar-refractivity contribution is -0.153. The first-order valence-corrected chi connectivity index (χ1v) is 10.1. The Morgan fingerprint density at radius 3 is 2.12 bits per heavy atom. The van der Waals surface area contributed by atoms with Crippen molar-refractivity contribution in [3.8, 4) is 0 Å². The number of ether oxygens (including phenoxy) is 1. The highest BCUT2D eigenvalue weighted by Gasteiger charge is 2.35.